The lowest BCUT2D eigenvalue weighted by molar-refractivity contribution is 0.595. The van der Waals surface area contributed by atoms with E-state index in [-0.39, 0.29) is 0 Å². The molecular formula is C7H7N3O. The third-order valence-electron chi connectivity index (χ3n) is 1.54. The minimum Gasteiger partial charge on any atom is -0.440 e. The van der Waals surface area contributed by atoms with Gasteiger partial charge in [-0.3, -0.25) is 0 Å². The molecule has 4 nitrogen and oxygen atoms in total. The summed E-state index contributed by atoms with van der Waals surface area (Å²) in [5.41, 5.74) is 2.25. The fourth-order valence-electron chi connectivity index (χ4n) is 0.993. The molecule has 56 valence electrons. The first kappa shape index (κ1) is 6.27. The third kappa shape index (κ3) is 0.869. The van der Waals surface area contributed by atoms with Crippen LogP contribution in [0.4, 0.5) is 0 Å². The second-order valence-electron chi connectivity index (χ2n) is 2.18. The number of nitrogens with zero attached hydrogens (tertiary/aromatic N) is 3. The van der Waals surface area contributed by atoms with Crippen LogP contribution < -0.4 is 0 Å². The van der Waals surface area contributed by atoms with Crippen LogP contribution in [0.2, 0.25) is 0 Å². The molecule has 0 N–H and O–H groups in total. The lowest BCUT2D eigenvalue weighted by atomic mass is 10.3. The number of hydrogen-bond acceptors (Lipinski definition) is 4. The highest BCUT2D eigenvalue weighted by Gasteiger charge is 2.04. The number of fused-ring (bicyclic) bond motifs is 1. The minimum absolute atomic E-state index is 0.636. The van der Waals surface area contributed by atoms with Gasteiger partial charge in [0.2, 0.25) is 5.65 Å². The van der Waals surface area contributed by atoms with Gasteiger partial charge in [-0.05, 0) is 6.42 Å². The molecule has 2 rings (SSSR count). The van der Waals surface area contributed by atoms with Crippen LogP contribution in [0.25, 0.3) is 11.2 Å². The average molecular weight is 149 g/mol. The Bertz CT molecular complexity index is 368. The summed E-state index contributed by atoms with van der Waals surface area (Å²) in [6, 6.07) is 0. The van der Waals surface area contributed by atoms with Crippen LogP contribution in [0.3, 0.4) is 0 Å². The monoisotopic (exact) mass is 149 g/mol. The highest BCUT2D eigenvalue weighted by molar-refractivity contribution is 5.69. The zero-order valence-corrected chi connectivity index (χ0v) is 6.11. The highest BCUT2D eigenvalue weighted by Crippen LogP contribution is 2.12. The van der Waals surface area contributed by atoms with Crippen LogP contribution in [0, 0.1) is 0 Å². The van der Waals surface area contributed by atoms with Crippen LogP contribution >= 0.6 is 0 Å². The number of hydrogen-bond donors (Lipinski definition) is 0. The summed E-state index contributed by atoms with van der Waals surface area (Å²) >= 11 is 0. The van der Waals surface area contributed by atoms with E-state index in [1.807, 2.05) is 6.92 Å². The molecule has 0 amide bonds. The van der Waals surface area contributed by atoms with Gasteiger partial charge in [-0.2, -0.15) is 4.98 Å². The van der Waals surface area contributed by atoms with Crippen molar-refractivity contribution in [3.05, 3.63) is 18.4 Å². The van der Waals surface area contributed by atoms with Crippen LogP contribution in [0.15, 0.2) is 17.1 Å². The number of rotatable bonds is 1. The number of aromatic nitrogens is 3. The van der Waals surface area contributed by atoms with E-state index < -0.39 is 0 Å². The van der Waals surface area contributed by atoms with E-state index in [1.54, 1.807) is 0 Å². The normalized spacial score (nSPS) is 10.6. The largest absolute Gasteiger partial charge is 0.440 e. The molecule has 0 spiro atoms. The van der Waals surface area contributed by atoms with Gasteiger partial charge in [-0.1, -0.05) is 6.92 Å². The van der Waals surface area contributed by atoms with Crippen molar-refractivity contribution in [2.75, 3.05) is 0 Å². The van der Waals surface area contributed by atoms with Gasteiger partial charge in [-0.15, -0.1) is 0 Å². The molecule has 0 saturated carbocycles. The summed E-state index contributed by atoms with van der Waals surface area (Å²) in [5, 5.41) is 0. The maximum Gasteiger partial charge on any atom is 0.201 e. The zero-order valence-electron chi connectivity index (χ0n) is 6.11. The molecule has 4 heteroatoms. The Labute approximate surface area is 63.3 Å². The van der Waals surface area contributed by atoms with Crippen molar-refractivity contribution < 1.29 is 4.42 Å². The summed E-state index contributed by atoms with van der Waals surface area (Å²) in [6.45, 7) is 2.02. The van der Waals surface area contributed by atoms with Crippen molar-refractivity contribution in [1.82, 2.24) is 15.0 Å². The van der Waals surface area contributed by atoms with Gasteiger partial charge >= 0.3 is 0 Å². The van der Waals surface area contributed by atoms with Crippen molar-refractivity contribution in [3.63, 3.8) is 0 Å². The maximum atomic E-state index is 5.10. The second kappa shape index (κ2) is 2.30. The Balaban J connectivity index is 2.79. The topological polar surface area (TPSA) is 51.8 Å². The van der Waals surface area contributed by atoms with Gasteiger partial charge in [-0.25, -0.2) is 9.97 Å². The van der Waals surface area contributed by atoms with Crippen molar-refractivity contribution in [3.8, 4) is 0 Å². The Morgan fingerprint density at radius 1 is 1.36 bits per heavy atom. The first-order chi connectivity index (χ1) is 5.42. The van der Waals surface area contributed by atoms with Crippen molar-refractivity contribution in [2.24, 2.45) is 0 Å². The molecule has 11 heavy (non-hydrogen) atoms. The molecule has 2 aromatic rings. The SMILES string of the molecule is CCc1ncnc2ncoc12. The van der Waals surface area contributed by atoms with E-state index in [4.69, 9.17) is 4.42 Å². The molecule has 0 atom stereocenters. The van der Waals surface area contributed by atoms with E-state index in [1.165, 1.54) is 12.7 Å². The molecular weight excluding hydrogens is 142 g/mol. The molecule has 0 aliphatic carbocycles. The highest BCUT2D eigenvalue weighted by atomic mass is 16.3. The summed E-state index contributed by atoms with van der Waals surface area (Å²) in [7, 11) is 0. The van der Waals surface area contributed by atoms with E-state index in [0.717, 1.165) is 12.1 Å². The minimum atomic E-state index is 0.636. The lowest BCUT2D eigenvalue weighted by Gasteiger charge is -1.92. The van der Waals surface area contributed by atoms with Crippen LogP contribution in [-0.4, -0.2) is 15.0 Å². The van der Waals surface area contributed by atoms with Crippen molar-refractivity contribution in [1.29, 1.82) is 0 Å². The fraction of sp³-hybridized carbons (Fsp3) is 0.286. The summed E-state index contributed by atoms with van der Waals surface area (Å²) in [4.78, 5) is 11.9. The number of oxazole rings is 1. The molecule has 0 saturated heterocycles. The van der Waals surface area contributed by atoms with Crippen LogP contribution in [-0.2, 0) is 6.42 Å². The lowest BCUT2D eigenvalue weighted by Crippen LogP contribution is -1.88. The predicted octanol–water partition coefficient (Wildman–Crippen LogP) is 1.18. The third-order valence-corrected chi connectivity index (χ3v) is 1.54. The Kier molecular flexibility index (Phi) is 1.31. The van der Waals surface area contributed by atoms with E-state index in [9.17, 15) is 0 Å². The molecule has 0 aliphatic rings. The maximum absolute atomic E-state index is 5.10. The summed E-state index contributed by atoms with van der Waals surface area (Å²) in [6.07, 6.45) is 3.73. The van der Waals surface area contributed by atoms with Crippen molar-refractivity contribution in [2.45, 2.75) is 13.3 Å². The molecule has 0 bridgehead atoms. The zero-order chi connectivity index (χ0) is 7.68. The predicted molar refractivity (Wildman–Crippen MR) is 39.0 cm³/mol. The van der Waals surface area contributed by atoms with Gasteiger partial charge in [0, 0.05) is 0 Å². The van der Waals surface area contributed by atoms with Crippen molar-refractivity contribution >= 4 is 11.2 Å². The molecule has 0 radical (unpaired) electrons. The fourth-order valence-corrected chi connectivity index (χ4v) is 0.993. The Morgan fingerprint density at radius 2 is 2.27 bits per heavy atom. The summed E-state index contributed by atoms with van der Waals surface area (Å²) in [5.74, 6) is 0. The summed E-state index contributed by atoms with van der Waals surface area (Å²) < 4.78 is 5.10. The van der Waals surface area contributed by atoms with Gasteiger partial charge in [0.1, 0.15) is 6.33 Å². The van der Waals surface area contributed by atoms with E-state index in [0.29, 0.717) is 11.2 Å². The van der Waals surface area contributed by atoms with Crippen LogP contribution in [0.1, 0.15) is 12.6 Å². The van der Waals surface area contributed by atoms with Crippen LogP contribution in [0.5, 0.6) is 0 Å². The van der Waals surface area contributed by atoms with Gasteiger partial charge in [0.05, 0.1) is 5.69 Å². The second-order valence-corrected chi connectivity index (χ2v) is 2.18. The van der Waals surface area contributed by atoms with E-state index in [2.05, 4.69) is 15.0 Å². The van der Waals surface area contributed by atoms with Gasteiger partial charge < -0.3 is 4.42 Å². The first-order valence-corrected chi connectivity index (χ1v) is 3.45. The van der Waals surface area contributed by atoms with Gasteiger partial charge in [0.15, 0.2) is 12.0 Å². The van der Waals surface area contributed by atoms with E-state index >= 15 is 0 Å². The molecule has 0 unspecified atom stereocenters. The molecule has 0 fully saturated rings. The Hall–Kier alpha value is -1.45. The quantitative estimate of drug-likeness (QED) is 0.610. The average Bonchev–Trinajstić information content (AvgIpc) is 2.50. The molecule has 0 aromatic carbocycles. The van der Waals surface area contributed by atoms with Gasteiger partial charge in [0.25, 0.3) is 0 Å². The Morgan fingerprint density at radius 3 is 3.09 bits per heavy atom. The smallest absolute Gasteiger partial charge is 0.201 e. The molecule has 0 aliphatic heterocycles. The standard InChI is InChI=1S/C7H7N3O/c1-2-5-6-7(9-3-8-5)10-4-11-6/h3-4H,2H2,1H3. The first-order valence-electron chi connectivity index (χ1n) is 3.45. The molecule has 2 heterocycles. The molecule has 2 aromatic heterocycles. The number of aryl methyl sites for hydroxylation is 1.